The number of nitrogens with zero attached hydrogens (tertiary/aromatic N) is 4. The summed E-state index contributed by atoms with van der Waals surface area (Å²) in [5.74, 6) is 2.58. The van der Waals surface area contributed by atoms with Crippen molar-refractivity contribution in [1.29, 1.82) is 0 Å². The Morgan fingerprint density at radius 1 is 1.17 bits per heavy atom. The molecule has 0 atom stereocenters. The first-order chi connectivity index (χ1) is 8.69. The van der Waals surface area contributed by atoms with Crippen LogP contribution in [0.2, 0.25) is 0 Å². The Morgan fingerprint density at radius 3 is 2.56 bits per heavy atom. The quantitative estimate of drug-likeness (QED) is 0.887. The van der Waals surface area contributed by atoms with Crippen molar-refractivity contribution in [3.63, 3.8) is 0 Å². The standard InChI is InChI=1S/C13H19N5/c1-4-11-16-12(5-2)18(17-11)13-10(8-14)7-6-9(3)15-13/h6-7H,4-5,8,14H2,1-3H3. The maximum absolute atomic E-state index is 5.77. The molecule has 0 fully saturated rings. The molecule has 0 unspecified atom stereocenters. The van der Waals surface area contributed by atoms with E-state index in [1.807, 2.05) is 30.7 Å². The SMILES string of the molecule is CCc1nc(CC)n(-c2nc(C)ccc2CN)n1. The molecule has 0 saturated carbocycles. The molecule has 0 aromatic carbocycles. The van der Waals surface area contributed by atoms with Crippen LogP contribution in [0.25, 0.3) is 5.82 Å². The van der Waals surface area contributed by atoms with Crippen LogP contribution in [0, 0.1) is 6.92 Å². The molecule has 2 aromatic rings. The average molecular weight is 245 g/mol. The average Bonchev–Trinajstić information content (AvgIpc) is 2.81. The third-order valence-electron chi connectivity index (χ3n) is 2.87. The van der Waals surface area contributed by atoms with Crippen LogP contribution in [0.5, 0.6) is 0 Å². The van der Waals surface area contributed by atoms with Gasteiger partial charge < -0.3 is 5.73 Å². The van der Waals surface area contributed by atoms with Crippen molar-refractivity contribution in [1.82, 2.24) is 19.7 Å². The van der Waals surface area contributed by atoms with Gasteiger partial charge in [-0.25, -0.2) is 9.97 Å². The van der Waals surface area contributed by atoms with Crippen LogP contribution in [0.15, 0.2) is 12.1 Å². The van der Waals surface area contributed by atoms with Gasteiger partial charge in [0.1, 0.15) is 5.82 Å². The Morgan fingerprint density at radius 2 is 1.94 bits per heavy atom. The topological polar surface area (TPSA) is 69.6 Å². The molecule has 5 heteroatoms. The summed E-state index contributed by atoms with van der Waals surface area (Å²) in [4.78, 5) is 9.05. The zero-order valence-electron chi connectivity index (χ0n) is 11.1. The Labute approximate surface area is 107 Å². The fourth-order valence-electron chi connectivity index (χ4n) is 1.85. The van der Waals surface area contributed by atoms with Crippen molar-refractivity contribution in [2.75, 3.05) is 0 Å². The van der Waals surface area contributed by atoms with Crippen molar-refractivity contribution < 1.29 is 0 Å². The van der Waals surface area contributed by atoms with Gasteiger partial charge in [-0.2, -0.15) is 4.68 Å². The van der Waals surface area contributed by atoms with Gasteiger partial charge in [0.15, 0.2) is 11.6 Å². The minimum Gasteiger partial charge on any atom is -0.326 e. The molecule has 0 aliphatic heterocycles. The van der Waals surface area contributed by atoms with Crippen molar-refractivity contribution in [3.05, 3.63) is 35.0 Å². The van der Waals surface area contributed by atoms with E-state index in [2.05, 4.69) is 22.0 Å². The van der Waals surface area contributed by atoms with Crippen molar-refractivity contribution in [2.24, 2.45) is 5.73 Å². The molecule has 0 saturated heterocycles. The molecule has 0 radical (unpaired) electrons. The number of hydrogen-bond acceptors (Lipinski definition) is 4. The van der Waals surface area contributed by atoms with E-state index in [-0.39, 0.29) is 0 Å². The maximum atomic E-state index is 5.77. The molecular weight excluding hydrogens is 226 g/mol. The summed E-state index contributed by atoms with van der Waals surface area (Å²) in [6, 6.07) is 3.97. The van der Waals surface area contributed by atoms with Gasteiger partial charge >= 0.3 is 0 Å². The molecule has 0 aliphatic rings. The lowest BCUT2D eigenvalue weighted by Crippen LogP contribution is -2.11. The van der Waals surface area contributed by atoms with Crippen LogP contribution in [0.1, 0.15) is 36.8 Å². The minimum atomic E-state index is 0.451. The molecule has 5 nitrogen and oxygen atoms in total. The highest BCUT2D eigenvalue weighted by Gasteiger charge is 2.13. The molecule has 2 rings (SSSR count). The van der Waals surface area contributed by atoms with E-state index >= 15 is 0 Å². The normalized spacial score (nSPS) is 10.9. The molecule has 0 spiro atoms. The molecule has 18 heavy (non-hydrogen) atoms. The lowest BCUT2D eigenvalue weighted by Gasteiger charge is -2.09. The Balaban J connectivity index is 2.59. The number of hydrogen-bond donors (Lipinski definition) is 1. The summed E-state index contributed by atoms with van der Waals surface area (Å²) in [6.07, 6.45) is 1.65. The molecule has 0 amide bonds. The van der Waals surface area contributed by atoms with Crippen molar-refractivity contribution in [2.45, 2.75) is 40.2 Å². The smallest absolute Gasteiger partial charge is 0.160 e. The van der Waals surface area contributed by atoms with Crippen molar-refractivity contribution in [3.8, 4) is 5.82 Å². The number of aromatic nitrogens is 4. The first-order valence-corrected chi connectivity index (χ1v) is 6.31. The van der Waals surface area contributed by atoms with Gasteiger partial charge in [0.25, 0.3) is 0 Å². The van der Waals surface area contributed by atoms with E-state index in [9.17, 15) is 0 Å². The highest BCUT2D eigenvalue weighted by Crippen LogP contribution is 2.14. The summed E-state index contributed by atoms with van der Waals surface area (Å²) in [5, 5.41) is 4.51. The van der Waals surface area contributed by atoms with E-state index in [1.165, 1.54) is 0 Å². The highest BCUT2D eigenvalue weighted by molar-refractivity contribution is 5.35. The van der Waals surface area contributed by atoms with Gasteiger partial charge in [-0.15, -0.1) is 5.10 Å². The lowest BCUT2D eigenvalue weighted by atomic mass is 10.2. The summed E-state index contributed by atoms with van der Waals surface area (Å²) in [6.45, 7) is 6.53. The zero-order chi connectivity index (χ0) is 13.1. The second kappa shape index (κ2) is 5.27. The van der Waals surface area contributed by atoms with Gasteiger partial charge in [-0.1, -0.05) is 19.9 Å². The number of aryl methyl sites for hydroxylation is 3. The first kappa shape index (κ1) is 12.7. The maximum Gasteiger partial charge on any atom is 0.160 e. The third kappa shape index (κ3) is 2.26. The van der Waals surface area contributed by atoms with Crippen LogP contribution >= 0.6 is 0 Å². The first-order valence-electron chi connectivity index (χ1n) is 6.31. The summed E-state index contributed by atoms with van der Waals surface area (Å²) in [5.41, 5.74) is 7.71. The highest BCUT2D eigenvalue weighted by atomic mass is 15.4. The predicted octanol–water partition coefficient (Wildman–Crippen LogP) is 1.55. The Kier molecular flexibility index (Phi) is 3.72. The summed E-state index contributed by atoms with van der Waals surface area (Å²) < 4.78 is 1.83. The van der Waals surface area contributed by atoms with Crippen LogP contribution in [-0.2, 0) is 19.4 Å². The van der Waals surface area contributed by atoms with E-state index in [1.54, 1.807) is 0 Å². The third-order valence-corrected chi connectivity index (χ3v) is 2.87. The molecule has 0 bridgehead atoms. The van der Waals surface area contributed by atoms with Crippen molar-refractivity contribution >= 4 is 0 Å². The van der Waals surface area contributed by atoms with Crippen LogP contribution in [0.4, 0.5) is 0 Å². The second-order valence-electron chi connectivity index (χ2n) is 4.20. The van der Waals surface area contributed by atoms with Gasteiger partial charge in [0.2, 0.25) is 0 Å². The number of rotatable bonds is 4. The fraction of sp³-hybridized carbons (Fsp3) is 0.462. The zero-order valence-corrected chi connectivity index (χ0v) is 11.1. The molecule has 0 aliphatic carbocycles. The predicted molar refractivity (Wildman–Crippen MR) is 70.5 cm³/mol. The van der Waals surface area contributed by atoms with Crippen LogP contribution in [-0.4, -0.2) is 19.7 Å². The second-order valence-corrected chi connectivity index (χ2v) is 4.20. The van der Waals surface area contributed by atoms with Crippen LogP contribution in [0.3, 0.4) is 0 Å². The van der Waals surface area contributed by atoms with Gasteiger partial charge in [-0.3, -0.25) is 0 Å². The van der Waals surface area contributed by atoms with E-state index < -0.39 is 0 Å². The molecule has 2 aromatic heterocycles. The summed E-state index contributed by atoms with van der Waals surface area (Å²) in [7, 11) is 0. The van der Waals surface area contributed by atoms with Gasteiger partial charge in [0.05, 0.1) is 0 Å². The fourth-order valence-corrected chi connectivity index (χ4v) is 1.85. The Hall–Kier alpha value is -1.75. The van der Waals surface area contributed by atoms with E-state index in [0.717, 1.165) is 41.6 Å². The van der Waals surface area contributed by atoms with Crippen LogP contribution < -0.4 is 5.73 Å². The molecule has 2 N–H and O–H groups in total. The molecule has 96 valence electrons. The largest absolute Gasteiger partial charge is 0.326 e. The number of nitrogens with two attached hydrogens (primary N) is 1. The van der Waals surface area contributed by atoms with E-state index in [0.29, 0.717) is 6.54 Å². The number of pyridine rings is 1. The minimum absolute atomic E-state index is 0.451. The van der Waals surface area contributed by atoms with Gasteiger partial charge in [-0.05, 0) is 13.0 Å². The van der Waals surface area contributed by atoms with E-state index in [4.69, 9.17) is 5.73 Å². The lowest BCUT2D eigenvalue weighted by molar-refractivity contribution is 0.752. The Bertz CT molecular complexity index is 544. The monoisotopic (exact) mass is 245 g/mol. The summed E-state index contributed by atoms with van der Waals surface area (Å²) >= 11 is 0. The van der Waals surface area contributed by atoms with Gasteiger partial charge in [0, 0.05) is 30.6 Å². The molecular formula is C13H19N5. The molecule has 2 heterocycles.